The van der Waals surface area contributed by atoms with Gasteiger partial charge in [0.15, 0.2) is 0 Å². The average molecular weight is 391 g/mol. The van der Waals surface area contributed by atoms with E-state index in [4.69, 9.17) is 4.74 Å². The van der Waals surface area contributed by atoms with E-state index in [0.29, 0.717) is 17.9 Å². The molecule has 28 heavy (non-hydrogen) atoms. The molecule has 0 radical (unpaired) electrons. The van der Waals surface area contributed by atoms with Crippen LogP contribution in [0.4, 0.5) is 13.2 Å². The van der Waals surface area contributed by atoms with Crippen LogP contribution in [0.3, 0.4) is 0 Å². The van der Waals surface area contributed by atoms with Crippen LogP contribution in [-0.2, 0) is 14.9 Å². The van der Waals surface area contributed by atoms with Crippen LogP contribution in [0, 0.1) is 0 Å². The first-order valence-corrected chi connectivity index (χ1v) is 8.77. The molecule has 0 aliphatic rings. The molecule has 3 rings (SSSR count). The van der Waals surface area contributed by atoms with Crippen molar-refractivity contribution in [2.24, 2.45) is 0 Å². The van der Waals surface area contributed by atoms with Crippen molar-refractivity contribution in [1.29, 1.82) is 0 Å². The highest BCUT2D eigenvalue weighted by Crippen LogP contribution is 2.32. The topological polar surface area (TPSA) is 51.3 Å². The molecule has 0 amide bonds. The zero-order valence-electron chi connectivity index (χ0n) is 15.7. The van der Waals surface area contributed by atoms with Crippen molar-refractivity contribution in [3.05, 3.63) is 54.1 Å². The van der Waals surface area contributed by atoms with Crippen molar-refractivity contribution in [1.82, 2.24) is 4.98 Å². The highest BCUT2D eigenvalue weighted by molar-refractivity contribution is 5.89. The van der Waals surface area contributed by atoms with E-state index < -0.39 is 11.8 Å². The summed E-state index contributed by atoms with van der Waals surface area (Å²) in [7, 11) is 0. The normalized spacial score (nSPS) is 12.2. The van der Waals surface area contributed by atoms with E-state index >= 15 is 0 Å². The third-order valence-corrected chi connectivity index (χ3v) is 4.51. The van der Waals surface area contributed by atoms with Crippen LogP contribution in [0.5, 0.6) is 5.75 Å². The minimum Gasteiger partial charge on any atom is -0.465 e. The average Bonchev–Trinajstić information content (AvgIpc) is 3.04. The molecule has 0 saturated heterocycles. The maximum Gasteiger partial charge on any atom is 0.573 e. The van der Waals surface area contributed by atoms with Gasteiger partial charge in [0.25, 0.3) is 0 Å². The lowest BCUT2D eigenvalue weighted by Gasteiger charge is -2.22. The lowest BCUT2D eigenvalue weighted by Crippen LogP contribution is -2.31. The van der Waals surface area contributed by atoms with E-state index in [1.54, 1.807) is 26.8 Å². The number of carbonyl (C=O) groups excluding carboxylic acids is 1. The maximum atomic E-state index is 12.5. The van der Waals surface area contributed by atoms with Gasteiger partial charge < -0.3 is 14.5 Å². The second kappa shape index (κ2) is 7.22. The van der Waals surface area contributed by atoms with E-state index in [1.807, 2.05) is 24.3 Å². The van der Waals surface area contributed by atoms with Gasteiger partial charge in [0.05, 0.1) is 12.0 Å². The molecule has 0 fully saturated rings. The van der Waals surface area contributed by atoms with Gasteiger partial charge in [-0.2, -0.15) is 0 Å². The predicted octanol–water partition coefficient (Wildman–Crippen LogP) is 5.57. The summed E-state index contributed by atoms with van der Waals surface area (Å²) in [5, 5.41) is 0.840. The Labute approximate surface area is 160 Å². The third kappa shape index (κ3) is 4.13. The van der Waals surface area contributed by atoms with Gasteiger partial charge in [0.1, 0.15) is 5.75 Å². The number of halogens is 3. The Hall–Kier alpha value is -2.96. The molecule has 1 heterocycles. The summed E-state index contributed by atoms with van der Waals surface area (Å²) in [6.07, 6.45) is -4.74. The second-order valence-corrected chi connectivity index (χ2v) is 6.91. The van der Waals surface area contributed by atoms with Crippen molar-refractivity contribution in [2.45, 2.75) is 32.5 Å². The summed E-state index contributed by atoms with van der Waals surface area (Å²) < 4.78 is 46.5. The number of H-pyrrole nitrogens is 1. The van der Waals surface area contributed by atoms with Crippen molar-refractivity contribution in [2.75, 3.05) is 6.61 Å². The highest BCUT2D eigenvalue weighted by Gasteiger charge is 2.32. The lowest BCUT2D eigenvalue weighted by atomic mass is 9.84. The predicted molar refractivity (Wildman–Crippen MR) is 100 cm³/mol. The molecule has 4 nitrogen and oxygen atoms in total. The standard InChI is InChI=1S/C21H20F3NO3/c1-4-27-19(26)20(2,3)15-8-9-17-14(10-15)12-18(25-17)13-6-5-7-16(11-13)28-21(22,23)24/h5-12,25H,4H2,1-3H3. The lowest BCUT2D eigenvalue weighted by molar-refractivity contribution is -0.274. The van der Waals surface area contributed by atoms with Gasteiger partial charge >= 0.3 is 12.3 Å². The largest absolute Gasteiger partial charge is 0.573 e. The molecule has 2 aromatic carbocycles. The number of fused-ring (bicyclic) bond motifs is 1. The number of benzene rings is 2. The summed E-state index contributed by atoms with van der Waals surface area (Å²) in [5.41, 5.74) is 1.99. The SMILES string of the molecule is CCOC(=O)C(C)(C)c1ccc2[nH]c(-c3cccc(OC(F)(F)F)c3)cc2c1. The maximum absolute atomic E-state index is 12.5. The Balaban J connectivity index is 1.96. The quantitative estimate of drug-likeness (QED) is 0.578. The molecule has 0 atom stereocenters. The Kier molecular flexibility index (Phi) is 5.10. The summed E-state index contributed by atoms with van der Waals surface area (Å²) in [5.74, 6) is -0.602. The van der Waals surface area contributed by atoms with Gasteiger partial charge in [-0.3, -0.25) is 4.79 Å². The molecular weight excluding hydrogens is 371 g/mol. The summed E-state index contributed by atoms with van der Waals surface area (Å²) in [6.45, 7) is 5.64. The fraction of sp³-hybridized carbons (Fsp3) is 0.286. The van der Waals surface area contributed by atoms with Gasteiger partial charge in [-0.05, 0) is 56.7 Å². The van der Waals surface area contributed by atoms with Crippen molar-refractivity contribution in [3.63, 3.8) is 0 Å². The molecule has 7 heteroatoms. The zero-order chi connectivity index (χ0) is 20.5. The smallest absolute Gasteiger partial charge is 0.465 e. The van der Waals surface area contributed by atoms with Crippen LogP contribution in [0.2, 0.25) is 0 Å². The minimum atomic E-state index is -4.74. The van der Waals surface area contributed by atoms with E-state index in [1.165, 1.54) is 18.2 Å². The highest BCUT2D eigenvalue weighted by atomic mass is 19.4. The van der Waals surface area contributed by atoms with Gasteiger partial charge in [-0.1, -0.05) is 18.2 Å². The van der Waals surface area contributed by atoms with Gasteiger partial charge in [0.2, 0.25) is 0 Å². The molecular formula is C21H20F3NO3. The number of aromatic amines is 1. The van der Waals surface area contributed by atoms with Crippen LogP contribution in [0.15, 0.2) is 48.5 Å². The number of alkyl halides is 3. The van der Waals surface area contributed by atoms with Crippen LogP contribution >= 0.6 is 0 Å². The fourth-order valence-electron chi connectivity index (χ4n) is 2.97. The van der Waals surface area contributed by atoms with E-state index in [0.717, 1.165) is 16.5 Å². The first-order valence-electron chi connectivity index (χ1n) is 8.77. The second-order valence-electron chi connectivity index (χ2n) is 6.91. The number of esters is 1. The Morgan fingerprint density at radius 2 is 1.82 bits per heavy atom. The third-order valence-electron chi connectivity index (χ3n) is 4.51. The number of aromatic nitrogens is 1. The van der Waals surface area contributed by atoms with Crippen molar-refractivity contribution in [3.8, 4) is 17.0 Å². The number of rotatable bonds is 5. The first kappa shape index (κ1) is 19.8. The summed E-state index contributed by atoms with van der Waals surface area (Å²) in [4.78, 5) is 15.4. The Morgan fingerprint density at radius 1 is 1.07 bits per heavy atom. The van der Waals surface area contributed by atoms with Crippen LogP contribution in [0.25, 0.3) is 22.2 Å². The fourth-order valence-corrected chi connectivity index (χ4v) is 2.97. The summed E-state index contributed by atoms with van der Waals surface area (Å²) in [6, 6.07) is 13.1. The number of nitrogens with one attached hydrogen (secondary N) is 1. The van der Waals surface area contributed by atoms with Crippen molar-refractivity contribution < 1.29 is 27.4 Å². The number of hydrogen-bond donors (Lipinski definition) is 1. The molecule has 3 aromatic rings. The van der Waals surface area contributed by atoms with Crippen LogP contribution in [0.1, 0.15) is 26.3 Å². The molecule has 148 valence electrons. The number of ether oxygens (including phenoxy) is 2. The molecule has 0 aliphatic carbocycles. The molecule has 1 N–H and O–H groups in total. The van der Waals surface area contributed by atoms with Crippen molar-refractivity contribution >= 4 is 16.9 Å². The van der Waals surface area contributed by atoms with Crippen LogP contribution in [-0.4, -0.2) is 23.9 Å². The Bertz CT molecular complexity index is 1010. The zero-order valence-corrected chi connectivity index (χ0v) is 15.7. The molecule has 0 saturated carbocycles. The van der Waals surface area contributed by atoms with Gasteiger partial charge in [-0.25, -0.2) is 0 Å². The minimum absolute atomic E-state index is 0.284. The van der Waals surface area contributed by atoms with Crippen LogP contribution < -0.4 is 4.74 Å². The molecule has 0 spiro atoms. The molecule has 1 aromatic heterocycles. The van der Waals surface area contributed by atoms with Gasteiger partial charge in [-0.15, -0.1) is 13.2 Å². The molecule has 0 aliphatic heterocycles. The summed E-state index contributed by atoms with van der Waals surface area (Å²) >= 11 is 0. The first-order chi connectivity index (χ1) is 13.1. The molecule has 0 bridgehead atoms. The number of hydrogen-bond acceptors (Lipinski definition) is 3. The van der Waals surface area contributed by atoms with E-state index in [-0.39, 0.29) is 11.7 Å². The van der Waals surface area contributed by atoms with E-state index in [9.17, 15) is 18.0 Å². The van der Waals surface area contributed by atoms with Gasteiger partial charge in [0, 0.05) is 22.2 Å². The Morgan fingerprint density at radius 3 is 2.50 bits per heavy atom. The molecule has 0 unspecified atom stereocenters. The van der Waals surface area contributed by atoms with E-state index in [2.05, 4.69) is 9.72 Å². The number of carbonyl (C=O) groups is 1. The monoisotopic (exact) mass is 391 g/mol.